The maximum Gasteiger partial charge on any atom is 0.322 e. The lowest BCUT2D eigenvalue weighted by molar-refractivity contribution is -0.384. The average Bonchev–Trinajstić information content (AvgIpc) is 2.42. The van der Waals surface area contributed by atoms with E-state index >= 15 is 0 Å². The lowest BCUT2D eigenvalue weighted by Crippen LogP contribution is -2.39. The van der Waals surface area contributed by atoms with Crippen LogP contribution in [0.3, 0.4) is 0 Å². The number of non-ortho nitro benzene ring substituents is 1. The van der Waals surface area contributed by atoms with Crippen molar-refractivity contribution in [3.63, 3.8) is 0 Å². The third-order valence-corrected chi connectivity index (χ3v) is 2.25. The number of carbonyl (C=O) groups excluding carboxylic acids is 2. The van der Waals surface area contributed by atoms with E-state index in [9.17, 15) is 28.9 Å². The van der Waals surface area contributed by atoms with Gasteiger partial charge in [0.1, 0.15) is 12.4 Å². The Balaban J connectivity index is 2.67. The molecule has 9 nitrogen and oxygen atoms in total. The van der Waals surface area contributed by atoms with Gasteiger partial charge < -0.3 is 15.7 Å². The molecule has 3 N–H and O–H groups in total. The molecule has 0 aliphatic heterocycles. The lowest BCUT2D eigenvalue weighted by atomic mass is 10.1. The van der Waals surface area contributed by atoms with E-state index < -0.39 is 52.9 Å². The van der Waals surface area contributed by atoms with Gasteiger partial charge in [-0.05, 0) is 6.07 Å². The first kappa shape index (κ1) is 16.0. The van der Waals surface area contributed by atoms with Crippen molar-refractivity contribution < 1.29 is 28.8 Å². The third-order valence-electron chi connectivity index (χ3n) is 2.25. The van der Waals surface area contributed by atoms with Crippen LogP contribution in [0.2, 0.25) is 0 Å². The number of nitro benzene ring substituents is 1. The number of carboxylic acids is 1. The molecule has 1 aromatic carbocycles. The Bertz CT molecular complexity index is 604. The number of hydrogen-bond acceptors (Lipinski definition) is 5. The molecule has 112 valence electrons. The molecule has 0 unspecified atom stereocenters. The molecule has 0 saturated heterocycles. The van der Waals surface area contributed by atoms with E-state index in [0.717, 1.165) is 18.2 Å². The van der Waals surface area contributed by atoms with Gasteiger partial charge >= 0.3 is 5.97 Å². The van der Waals surface area contributed by atoms with E-state index in [1.807, 2.05) is 10.6 Å². The number of nitrogens with zero attached hydrogens (tertiary/aromatic N) is 1. The molecule has 0 spiro atoms. The zero-order valence-electron chi connectivity index (χ0n) is 10.5. The maximum atomic E-state index is 13.4. The standard InChI is InChI=1S/C11H10FN3O6/c12-8-2-1-6(15(20)21)3-7(8)11(19)14-4-9(16)13-5-10(17)18/h1-3H,4-5H2,(H,13,16)(H,14,19)(H,17,18). The van der Waals surface area contributed by atoms with Gasteiger partial charge in [-0.15, -0.1) is 0 Å². The summed E-state index contributed by atoms with van der Waals surface area (Å²) in [4.78, 5) is 42.7. The second kappa shape index (κ2) is 6.93. The van der Waals surface area contributed by atoms with Gasteiger partial charge in [-0.3, -0.25) is 24.5 Å². The molecule has 0 aromatic heterocycles. The normalized spacial score (nSPS) is 9.76. The quantitative estimate of drug-likeness (QED) is 0.485. The van der Waals surface area contributed by atoms with Crippen LogP contribution in [0.15, 0.2) is 18.2 Å². The van der Waals surface area contributed by atoms with Crippen LogP contribution in [0.4, 0.5) is 10.1 Å². The summed E-state index contributed by atoms with van der Waals surface area (Å²) in [5.74, 6) is -4.07. The smallest absolute Gasteiger partial charge is 0.322 e. The molecule has 1 aromatic rings. The van der Waals surface area contributed by atoms with Crippen LogP contribution in [-0.2, 0) is 9.59 Å². The summed E-state index contributed by atoms with van der Waals surface area (Å²) in [6, 6.07) is 2.39. The van der Waals surface area contributed by atoms with E-state index in [0.29, 0.717) is 0 Å². The molecule has 0 radical (unpaired) electrons. The van der Waals surface area contributed by atoms with Crippen LogP contribution in [0.25, 0.3) is 0 Å². The largest absolute Gasteiger partial charge is 0.480 e. The number of amides is 2. The van der Waals surface area contributed by atoms with E-state index in [1.54, 1.807) is 0 Å². The molecule has 0 atom stereocenters. The summed E-state index contributed by atoms with van der Waals surface area (Å²) < 4.78 is 13.4. The number of benzene rings is 1. The summed E-state index contributed by atoms with van der Waals surface area (Å²) in [6.07, 6.45) is 0. The van der Waals surface area contributed by atoms with E-state index in [4.69, 9.17) is 5.11 Å². The number of aliphatic carboxylic acids is 1. The fourth-order valence-corrected chi connectivity index (χ4v) is 1.29. The first-order valence-corrected chi connectivity index (χ1v) is 5.52. The van der Waals surface area contributed by atoms with Crippen LogP contribution in [-0.4, -0.2) is 40.9 Å². The predicted molar refractivity (Wildman–Crippen MR) is 66.0 cm³/mol. The van der Waals surface area contributed by atoms with Crippen LogP contribution in [0, 0.1) is 15.9 Å². The number of halogens is 1. The Morgan fingerprint density at radius 2 is 1.90 bits per heavy atom. The minimum atomic E-state index is -1.26. The Morgan fingerprint density at radius 1 is 1.24 bits per heavy atom. The van der Waals surface area contributed by atoms with Gasteiger partial charge in [0.25, 0.3) is 11.6 Å². The Hall–Kier alpha value is -3.04. The number of carboxylic acid groups (broad SMARTS) is 1. The van der Waals surface area contributed by atoms with Crippen molar-refractivity contribution in [2.45, 2.75) is 0 Å². The topological polar surface area (TPSA) is 139 Å². The summed E-state index contributed by atoms with van der Waals surface area (Å²) >= 11 is 0. The Labute approximate surface area is 116 Å². The molecular formula is C11H10FN3O6. The van der Waals surface area contributed by atoms with Crippen molar-refractivity contribution in [3.05, 3.63) is 39.7 Å². The molecule has 0 fully saturated rings. The molecule has 2 amide bonds. The number of hydrogen-bond donors (Lipinski definition) is 3. The molecule has 0 heterocycles. The van der Waals surface area contributed by atoms with Gasteiger partial charge in [-0.1, -0.05) is 0 Å². The summed E-state index contributed by atoms with van der Waals surface area (Å²) in [5.41, 5.74) is -1.06. The van der Waals surface area contributed by atoms with Crippen molar-refractivity contribution in [1.82, 2.24) is 10.6 Å². The van der Waals surface area contributed by atoms with Gasteiger partial charge in [0.05, 0.1) is 17.0 Å². The second-order valence-electron chi connectivity index (χ2n) is 3.77. The molecule has 0 bridgehead atoms. The highest BCUT2D eigenvalue weighted by Gasteiger charge is 2.17. The number of carbonyl (C=O) groups is 3. The van der Waals surface area contributed by atoms with E-state index in [2.05, 4.69) is 0 Å². The van der Waals surface area contributed by atoms with Gasteiger partial charge in [0.2, 0.25) is 5.91 Å². The number of nitro groups is 1. The zero-order chi connectivity index (χ0) is 16.0. The fraction of sp³-hybridized carbons (Fsp3) is 0.182. The van der Waals surface area contributed by atoms with Crippen molar-refractivity contribution >= 4 is 23.5 Å². The van der Waals surface area contributed by atoms with E-state index in [1.165, 1.54) is 0 Å². The molecule has 0 aliphatic carbocycles. The summed E-state index contributed by atoms with van der Waals surface area (Å²) in [5, 5.41) is 22.9. The van der Waals surface area contributed by atoms with Crippen molar-refractivity contribution in [3.8, 4) is 0 Å². The van der Waals surface area contributed by atoms with Crippen LogP contribution >= 0.6 is 0 Å². The first-order chi connectivity index (χ1) is 9.81. The van der Waals surface area contributed by atoms with Crippen molar-refractivity contribution in [2.24, 2.45) is 0 Å². The highest BCUT2D eigenvalue weighted by Crippen LogP contribution is 2.16. The maximum absolute atomic E-state index is 13.4. The molecule has 0 aliphatic rings. The van der Waals surface area contributed by atoms with Crippen LogP contribution < -0.4 is 10.6 Å². The van der Waals surface area contributed by atoms with Gasteiger partial charge in [0.15, 0.2) is 0 Å². The number of rotatable bonds is 6. The SMILES string of the molecule is O=C(O)CNC(=O)CNC(=O)c1cc([N+](=O)[O-])ccc1F. The molecule has 0 saturated carbocycles. The fourth-order valence-electron chi connectivity index (χ4n) is 1.29. The van der Waals surface area contributed by atoms with Crippen molar-refractivity contribution in [1.29, 1.82) is 0 Å². The van der Waals surface area contributed by atoms with Crippen LogP contribution in [0.1, 0.15) is 10.4 Å². The summed E-state index contributed by atoms with van der Waals surface area (Å²) in [6.45, 7) is -1.21. The summed E-state index contributed by atoms with van der Waals surface area (Å²) in [7, 11) is 0. The second-order valence-corrected chi connectivity index (χ2v) is 3.77. The van der Waals surface area contributed by atoms with Gasteiger partial charge in [-0.2, -0.15) is 0 Å². The van der Waals surface area contributed by atoms with Crippen molar-refractivity contribution in [2.75, 3.05) is 13.1 Å². The lowest BCUT2D eigenvalue weighted by Gasteiger charge is -2.06. The van der Waals surface area contributed by atoms with Crippen LogP contribution in [0.5, 0.6) is 0 Å². The minimum Gasteiger partial charge on any atom is -0.480 e. The van der Waals surface area contributed by atoms with E-state index in [-0.39, 0.29) is 0 Å². The number of nitrogens with one attached hydrogen (secondary N) is 2. The first-order valence-electron chi connectivity index (χ1n) is 5.52. The molecule has 10 heteroatoms. The highest BCUT2D eigenvalue weighted by molar-refractivity contribution is 5.97. The molecule has 21 heavy (non-hydrogen) atoms. The molecule has 1 rings (SSSR count). The van der Waals surface area contributed by atoms with Gasteiger partial charge in [0, 0.05) is 12.1 Å². The average molecular weight is 299 g/mol. The monoisotopic (exact) mass is 299 g/mol. The van der Waals surface area contributed by atoms with Gasteiger partial charge in [-0.25, -0.2) is 4.39 Å². The zero-order valence-corrected chi connectivity index (χ0v) is 10.5. The Kier molecular flexibility index (Phi) is 5.29. The highest BCUT2D eigenvalue weighted by atomic mass is 19.1. The third kappa shape index (κ3) is 4.86. The molecular weight excluding hydrogens is 289 g/mol. The predicted octanol–water partition coefficient (Wildman–Crippen LogP) is -0.335. The minimum absolute atomic E-state index is 0.475. The Morgan fingerprint density at radius 3 is 2.48 bits per heavy atom.